The molecule has 2 heterocycles. The van der Waals surface area contributed by atoms with Crippen molar-refractivity contribution >= 4 is 16.7 Å². The lowest BCUT2D eigenvalue weighted by Crippen LogP contribution is -2.00. The number of hydrogen-bond donors (Lipinski definition) is 0. The summed E-state index contributed by atoms with van der Waals surface area (Å²) in [5.41, 5.74) is 1.43. The predicted octanol–water partition coefficient (Wildman–Crippen LogP) is 3.06. The molecule has 0 saturated carbocycles. The van der Waals surface area contributed by atoms with Gasteiger partial charge >= 0.3 is 0 Å². The zero-order valence-electron chi connectivity index (χ0n) is 8.96. The second-order valence-electron chi connectivity index (χ2n) is 3.68. The van der Waals surface area contributed by atoms with Gasteiger partial charge in [-0.1, -0.05) is 18.2 Å². The van der Waals surface area contributed by atoms with Gasteiger partial charge in [0.15, 0.2) is 5.76 Å². The summed E-state index contributed by atoms with van der Waals surface area (Å²) in [5.74, 6) is 0.231. The molecule has 0 atom stereocenters. The molecule has 0 saturated heterocycles. The van der Waals surface area contributed by atoms with E-state index in [0.717, 1.165) is 10.9 Å². The highest BCUT2D eigenvalue weighted by atomic mass is 16.3. The Morgan fingerprint density at radius 1 is 1.06 bits per heavy atom. The van der Waals surface area contributed by atoms with Gasteiger partial charge in [0.1, 0.15) is 0 Å². The summed E-state index contributed by atoms with van der Waals surface area (Å²) in [5, 5.41) is 0.844. The van der Waals surface area contributed by atoms with Gasteiger partial charge in [-0.25, -0.2) is 0 Å². The Hall–Kier alpha value is -2.42. The Morgan fingerprint density at radius 2 is 2.00 bits per heavy atom. The molecule has 0 aliphatic carbocycles. The van der Waals surface area contributed by atoms with Gasteiger partial charge in [-0.15, -0.1) is 0 Å². The number of benzene rings is 1. The summed E-state index contributed by atoms with van der Waals surface area (Å²) in [4.78, 5) is 16.4. The van der Waals surface area contributed by atoms with E-state index in [1.54, 1.807) is 24.4 Å². The summed E-state index contributed by atoms with van der Waals surface area (Å²) in [6.07, 6.45) is 3.21. The minimum Gasteiger partial charge on any atom is -0.461 e. The van der Waals surface area contributed by atoms with Crippen molar-refractivity contribution in [1.29, 1.82) is 0 Å². The van der Waals surface area contributed by atoms with Crippen LogP contribution in [0.3, 0.4) is 0 Å². The maximum absolute atomic E-state index is 12.2. The second kappa shape index (κ2) is 3.87. The number of hydrogen-bond acceptors (Lipinski definition) is 3. The van der Waals surface area contributed by atoms with Crippen molar-refractivity contribution in [2.45, 2.75) is 0 Å². The number of carbonyl (C=O) groups excluding carboxylic acids is 1. The number of aromatic nitrogens is 1. The fourth-order valence-electron chi connectivity index (χ4n) is 1.84. The number of carbonyl (C=O) groups is 1. The average molecular weight is 223 g/mol. The van der Waals surface area contributed by atoms with Gasteiger partial charge in [0.25, 0.3) is 0 Å². The highest BCUT2D eigenvalue weighted by Gasteiger charge is 2.14. The summed E-state index contributed by atoms with van der Waals surface area (Å²) in [7, 11) is 0. The number of rotatable bonds is 2. The second-order valence-corrected chi connectivity index (χ2v) is 3.68. The first kappa shape index (κ1) is 9.78. The van der Waals surface area contributed by atoms with Gasteiger partial charge in [-0.2, -0.15) is 0 Å². The van der Waals surface area contributed by atoms with Crippen LogP contribution in [0.1, 0.15) is 16.1 Å². The standard InChI is InChI=1S/C14H9NO2/c16-14(13-7-3-9-17-13)11-4-1-6-12-10(11)5-2-8-15-12/h1-9H. The monoisotopic (exact) mass is 223 g/mol. The average Bonchev–Trinajstić information content (AvgIpc) is 2.91. The van der Waals surface area contributed by atoms with Crippen LogP contribution in [0.25, 0.3) is 10.9 Å². The van der Waals surface area contributed by atoms with Crippen LogP contribution >= 0.6 is 0 Å². The summed E-state index contributed by atoms with van der Waals surface area (Å²) >= 11 is 0. The molecule has 0 N–H and O–H groups in total. The summed E-state index contributed by atoms with van der Waals surface area (Å²) in [6.45, 7) is 0. The summed E-state index contributed by atoms with van der Waals surface area (Å²) in [6, 6.07) is 12.6. The molecule has 1 aromatic carbocycles. The van der Waals surface area contributed by atoms with Crippen LogP contribution in [0.5, 0.6) is 0 Å². The van der Waals surface area contributed by atoms with Crippen molar-refractivity contribution in [3.63, 3.8) is 0 Å². The molecule has 0 fully saturated rings. The fraction of sp³-hybridized carbons (Fsp3) is 0. The van der Waals surface area contributed by atoms with Crippen LogP contribution < -0.4 is 0 Å². The van der Waals surface area contributed by atoms with Gasteiger partial charge in [0.2, 0.25) is 5.78 Å². The third-order valence-corrected chi connectivity index (χ3v) is 2.64. The van der Waals surface area contributed by atoms with Crippen molar-refractivity contribution < 1.29 is 9.21 Å². The van der Waals surface area contributed by atoms with Gasteiger partial charge < -0.3 is 4.42 Å². The molecule has 0 bridgehead atoms. The molecule has 0 aliphatic rings. The quantitative estimate of drug-likeness (QED) is 0.627. The van der Waals surface area contributed by atoms with Crippen molar-refractivity contribution in [2.24, 2.45) is 0 Å². The minimum absolute atomic E-state index is 0.117. The van der Waals surface area contributed by atoms with Gasteiger partial charge in [0.05, 0.1) is 11.8 Å². The van der Waals surface area contributed by atoms with Crippen LogP contribution in [0.2, 0.25) is 0 Å². The highest BCUT2D eigenvalue weighted by molar-refractivity contribution is 6.14. The van der Waals surface area contributed by atoms with Crippen molar-refractivity contribution in [3.05, 3.63) is 66.2 Å². The zero-order valence-corrected chi connectivity index (χ0v) is 8.96. The molecular formula is C14H9NO2. The predicted molar refractivity (Wildman–Crippen MR) is 63.9 cm³/mol. The fourth-order valence-corrected chi connectivity index (χ4v) is 1.84. The van der Waals surface area contributed by atoms with Crippen molar-refractivity contribution in [3.8, 4) is 0 Å². The molecule has 0 aliphatic heterocycles. The van der Waals surface area contributed by atoms with Gasteiger partial charge in [-0.3, -0.25) is 9.78 Å². The van der Waals surface area contributed by atoms with E-state index < -0.39 is 0 Å². The van der Waals surface area contributed by atoms with E-state index in [1.165, 1.54) is 6.26 Å². The number of fused-ring (bicyclic) bond motifs is 1. The van der Waals surface area contributed by atoms with Gasteiger partial charge in [-0.05, 0) is 24.3 Å². The third-order valence-electron chi connectivity index (χ3n) is 2.64. The minimum atomic E-state index is -0.117. The van der Waals surface area contributed by atoms with Crippen LogP contribution in [0, 0.1) is 0 Å². The van der Waals surface area contributed by atoms with E-state index in [-0.39, 0.29) is 5.78 Å². The largest absolute Gasteiger partial charge is 0.461 e. The van der Waals surface area contributed by atoms with E-state index in [2.05, 4.69) is 4.98 Å². The lowest BCUT2D eigenvalue weighted by molar-refractivity contribution is 0.101. The molecule has 82 valence electrons. The van der Waals surface area contributed by atoms with Gasteiger partial charge in [0, 0.05) is 17.1 Å². The first-order chi connectivity index (χ1) is 8.36. The Bertz CT molecular complexity index is 666. The van der Waals surface area contributed by atoms with E-state index in [1.807, 2.05) is 24.3 Å². The molecular weight excluding hydrogens is 214 g/mol. The highest BCUT2D eigenvalue weighted by Crippen LogP contribution is 2.19. The Morgan fingerprint density at radius 3 is 2.82 bits per heavy atom. The smallest absolute Gasteiger partial charge is 0.228 e. The number of furan rings is 1. The molecule has 0 unspecified atom stereocenters. The Labute approximate surface area is 97.7 Å². The molecule has 3 nitrogen and oxygen atoms in total. The molecule has 2 aromatic heterocycles. The van der Waals surface area contributed by atoms with Crippen molar-refractivity contribution in [1.82, 2.24) is 4.98 Å². The molecule has 3 aromatic rings. The van der Waals surface area contributed by atoms with E-state index in [0.29, 0.717) is 11.3 Å². The Kier molecular flexibility index (Phi) is 2.22. The molecule has 0 spiro atoms. The van der Waals surface area contributed by atoms with Crippen molar-refractivity contribution in [2.75, 3.05) is 0 Å². The lowest BCUT2D eigenvalue weighted by atomic mass is 10.0. The maximum Gasteiger partial charge on any atom is 0.228 e. The van der Waals surface area contributed by atoms with E-state index >= 15 is 0 Å². The maximum atomic E-state index is 12.2. The Balaban J connectivity index is 2.21. The van der Waals surface area contributed by atoms with E-state index in [4.69, 9.17) is 4.42 Å². The summed E-state index contributed by atoms with van der Waals surface area (Å²) < 4.78 is 5.13. The number of pyridine rings is 1. The first-order valence-electron chi connectivity index (χ1n) is 5.28. The molecule has 0 amide bonds. The van der Waals surface area contributed by atoms with E-state index in [9.17, 15) is 4.79 Å². The van der Waals surface area contributed by atoms with Crippen LogP contribution in [0.4, 0.5) is 0 Å². The molecule has 0 radical (unpaired) electrons. The van der Waals surface area contributed by atoms with Crippen LogP contribution in [0.15, 0.2) is 59.3 Å². The molecule has 3 rings (SSSR count). The topological polar surface area (TPSA) is 43.1 Å². The number of nitrogens with zero attached hydrogens (tertiary/aromatic N) is 1. The zero-order chi connectivity index (χ0) is 11.7. The first-order valence-corrected chi connectivity index (χ1v) is 5.28. The third kappa shape index (κ3) is 1.61. The van der Waals surface area contributed by atoms with Crippen LogP contribution in [-0.4, -0.2) is 10.8 Å². The lowest BCUT2D eigenvalue weighted by Gasteiger charge is -2.02. The molecule has 17 heavy (non-hydrogen) atoms. The number of ketones is 1. The van der Waals surface area contributed by atoms with Crippen LogP contribution in [-0.2, 0) is 0 Å². The molecule has 3 heteroatoms. The normalized spacial score (nSPS) is 10.6. The SMILES string of the molecule is O=C(c1ccco1)c1cccc2ncccc12.